The molecule has 0 spiro atoms. The van der Waals surface area contributed by atoms with Crippen molar-refractivity contribution >= 4 is 33.3 Å². The number of anilines is 1. The topological polar surface area (TPSA) is 55.2 Å². The first-order valence-corrected chi connectivity index (χ1v) is 9.82. The van der Waals surface area contributed by atoms with Crippen molar-refractivity contribution < 1.29 is 4.79 Å². The summed E-state index contributed by atoms with van der Waals surface area (Å²) in [5.41, 5.74) is 2.44. The molecule has 0 aliphatic rings. The van der Waals surface area contributed by atoms with E-state index in [9.17, 15) is 9.59 Å². The van der Waals surface area contributed by atoms with Gasteiger partial charge >= 0.3 is 0 Å². The Morgan fingerprint density at radius 1 is 1.03 bits per heavy atom. The molecule has 1 heterocycles. The summed E-state index contributed by atoms with van der Waals surface area (Å²) in [6.45, 7) is 4.77. The molecule has 29 heavy (non-hydrogen) atoms. The largest absolute Gasteiger partial charge is 0.313 e. The predicted molar refractivity (Wildman–Crippen MR) is 117 cm³/mol. The molecule has 4 aromatic rings. The summed E-state index contributed by atoms with van der Waals surface area (Å²) in [6.07, 6.45) is 1.77. The van der Waals surface area contributed by atoms with Crippen LogP contribution >= 0.6 is 0 Å². The van der Waals surface area contributed by atoms with E-state index in [2.05, 4.69) is 11.1 Å². The van der Waals surface area contributed by atoms with Gasteiger partial charge in [-0.3, -0.25) is 14.2 Å². The number of para-hydroxylation sites is 1. The lowest BCUT2D eigenvalue weighted by molar-refractivity contribution is -0.118. The van der Waals surface area contributed by atoms with Crippen LogP contribution < -0.4 is 10.5 Å². The van der Waals surface area contributed by atoms with Crippen LogP contribution in [0.2, 0.25) is 0 Å². The summed E-state index contributed by atoms with van der Waals surface area (Å²) < 4.78 is 1.52. The van der Waals surface area contributed by atoms with Crippen LogP contribution in [0.1, 0.15) is 18.9 Å². The first-order valence-electron chi connectivity index (χ1n) is 9.82. The average Bonchev–Trinajstić information content (AvgIpc) is 2.74. The minimum atomic E-state index is -0.111. The molecule has 5 nitrogen and oxygen atoms in total. The van der Waals surface area contributed by atoms with Crippen LogP contribution in [0.25, 0.3) is 21.7 Å². The Labute approximate surface area is 169 Å². The number of fused-ring (bicyclic) bond motifs is 2. The van der Waals surface area contributed by atoms with E-state index in [1.807, 2.05) is 62.4 Å². The second kappa shape index (κ2) is 7.87. The molecule has 0 aliphatic carbocycles. The number of amides is 1. The summed E-state index contributed by atoms with van der Waals surface area (Å²) in [7, 11) is 0. The van der Waals surface area contributed by atoms with Crippen molar-refractivity contribution in [3.05, 3.63) is 82.9 Å². The Bertz CT molecular complexity index is 1260. The molecule has 4 rings (SSSR count). The minimum absolute atomic E-state index is 0.0148. The Morgan fingerprint density at radius 2 is 1.83 bits per heavy atom. The molecule has 0 bridgehead atoms. The van der Waals surface area contributed by atoms with E-state index >= 15 is 0 Å². The van der Waals surface area contributed by atoms with E-state index in [1.54, 1.807) is 11.0 Å². The van der Waals surface area contributed by atoms with Crippen LogP contribution in [0.5, 0.6) is 0 Å². The maximum absolute atomic E-state index is 12.9. The molecule has 0 unspecified atom stereocenters. The number of aromatic nitrogens is 2. The van der Waals surface area contributed by atoms with E-state index < -0.39 is 0 Å². The number of hydrogen-bond donors (Lipinski definition) is 0. The zero-order chi connectivity index (χ0) is 20.4. The van der Waals surface area contributed by atoms with Crippen LogP contribution in [0, 0.1) is 6.92 Å². The van der Waals surface area contributed by atoms with E-state index in [-0.39, 0.29) is 17.9 Å². The first-order chi connectivity index (χ1) is 14.1. The fourth-order valence-electron chi connectivity index (χ4n) is 3.70. The van der Waals surface area contributed by atoms with Crippen molar-refractivity contribution in [2.75, 3.05) is 11.4 Å². The molecule has 0 atom stereocenters. The highest BCUT2D eigenvalue weighted by molar-refractivity contribution is 5.96. The summed E-state index contributed by atoms with van der Waals surface area (Å²) in [4.78, 5) is 31.8. The number of hydrogen-bond acceptors (Lipinski definition) is 3. The lowest BCUT2D eigenvalue weighted by atomic mass is 10.1. The lowest BCUT2D eigenvalue weighted by Gasteiger charge is -2.22. The number of rotatable bonds is 5. The van der Waals surface area contributed by atoms with Gasteiger partial charge in [0.2, 0.25) is 5.91 Å². The molecule has 0 saturated heterocycles. The summed E-state index contributed by atoms with van der Waals surface area (Å²) in [6, 6.07) is 19.7. The molecule has 3 aromatic carbocycles. The highest BCUT2D eigenvalue weighted by atomic mass is 16.2. The van der Waals surface area contributed by atoms with Crippen molar-refractivity contribution in [2.24, 2.45) is 0 Å². The normalized spacial score (nSPS) is 11.1. The molecule has 146 valence electrons. The molecule has 0 saturated carbocycles. The molecule has 1 aromatic heterocycles. The van der Waals surface area contributed by atoms with Gasteiger partial charge in [0, 0.05) is 25.2 Å². The summed E-state index contributed by atoms with van der Waals surface area (Å²) in [5, 5.41) is 2.83. The van der Waals surface area contributed by atoms with E-state index in [4.69, 9.17) is 0 Å². The molecule has 0 aliphatic heterocycles. The molecular formula is C24H23N3O2. The third-order valence-corrected chi connectivity index (χ3v) is 5.28. The number of carbonyl (C=O) groups excluding carboxylic acids is 1. The molecule has 1 amide bonds. The van der Waals surface area contributed by atoms with Crippen LogP contribution in [0.4, 0.5) is 5.69 Å². The number of aryl methyl sites for hydroxylation is 2. The van der Waals surface area contributed by atoms with Gasteiger partial charge in [-0.25, -0.2) is 4.98 Å². The summed E-state index contributed by atoms with van der Waals surface area (Å²) >= 11 is 0. The Kier molecular flexibility index (Phi) is 5.12. The SMILES string of the molecule is CCN(C(=O)CCn1cnc2c(C)cccc2c1=O)c1ccc2ccccc2c1. The van der Waals surface area contributed by atoms with Crippen LogP contribution in [-0.2, 0) is 11.3 Å². The Hall–Kier alpha value is -3.47. The highest BCUT2D eigenvalue weighted by Crippen LogP contribution is 2.22. The van der Waals surface area contributed by atoms with Crippen molar-refractivity contribution in [1.29, 1.82) is 0 Å². The standard InChI is InChI=1S/C24H23N3O2/c1-3-27(20-12-11-18-8-4-5-9-19(18)15-20)22(28)13-14-26-16-25-23-17(2)7-6-10-21(23)24(26)29/h4-12,15-16H,3,13-14H2,1-2H3. The van der Waals surface area contributed by atoms with Gasteiger partial charge in [0.15, 0.2) is 0 Å². The van der Waals surface area contributed by atoms with Crippen molar-refractivity contribution in [1.82, 2.24) is 9.55 Å². The van der Waals surface area contributed by atoms with Gasteiger partial charge in [-0.05, 0) is 48.4 Å². The van der Waals surface area contributed by atoms with Gasteiger partial charge in [-0.1, -0.05) is 42.5 Å². The average molecular weight is 385 g/mol. The number of nitrogens with zero attached hydrogens (tertiary/aromatic N) is 3. The second-order valence-electron chi connectivity index (χ2n) is 7.13. The quantitative estimate of drug-likeness (QED) is 0.515. The van der Waals surface area contributed by atoms with Crippen molar-refractivity contribution in [3.8, 4) is 0 Å². The monoisotopic (exact) mass is 385 g/mol. The fraction of sp³-hybridized carbons (Fsp3) is 0.208. The molecule has 0 radical (unpaired) electrons. The van der Waals surface area contributed by atoms with Crippen LogP contribution in [0.15, 0.2) is 71.8 Å². The van der Waals surface area contributed by atoms with E-state index in [1.165, 1.54) is 10.9 Å². The second-order valence-corrected chi connectivity index (χ2v) is 7.13. The van der Waals surface area contributed by atoms with E-state index in [0.717, 1.165) is 22.0 Å². The Morgan fingerprint density at radius 3 is 2.62 bits per heavy atom. The van der Waals surface area contributed by atoms with Crippen molar-refractivity contribution in [3.63, 3.8) is 0 Å². The predicted octanol–water partition coefficient (Wildman–Crippen LogP) is 4.30. The molecular weight excluding hydrogens is 362 g/mol. The molecule has 0 N–H and O–H groups in total. The molecule has 0 fully saturated rings. The zero-order valence-electron chi connectivity index (χ0n) is 16.6. The first kappa shape index (κ1) is 18.9. The fourth-order valence-corrected chi connectivity index (χ4v) is 3.70. The maximum Gasteiger partial charge on any atom is 0.261 e. The maximum atomic E-state index is 12.9. The van der Waals surface area contributed by atoms with Crippen molar-refractivity contribution in [2.45, 2.75) is 26.8 Å². The highest BCUT2D eigenvalue weighted by Gasteiger charge is 2.15. The third-order valence-electron chi connectivity index (χ3n) is 5.28. The number of carbonyl (C=O) groups is 1. The van der Waals surface area contributed by atoms with Gasteiger partial charge in [0.25, 0.3) is 5.56 Å². The third kappa shape index (κ3) is 3.63. The van der Waals surface area contributed by atoms with Crippen LogP contribution in [-0.4, -0.2) is 22.0 Å². The van der Waals surface area contributed by atoms with Crippen LogP contribution in [0.3, 0.4) is 0 Å². The summed E-state index contributed by atoms with van der Waals surface area (Å²) in [5.74, 6) is -0.0148. The van der Waals surface area contributed by atoms with Gasteiger partial charge in [0.05, 0.1) is 17.2 Å². The lowest BCUT2D eigenvalue weighted by Crippen LogP contribution is -2.32. The zero-order valence-corrected chi connectivity index (χ0v) is 16.6. The van der Waals surface area contributed by atoms with Gasteiger partial charge in [0.1, 0.15) is 0 Å². The Balaban J connectivity index is 1.55. The van der Waals surface area contributed by atoms with Gasteiger partial charge < -0.3 is 4.90 Å². The van der Waals surface area contributed by atoms with E-state index in [0.29, 0.717) is 24.0 Å². The van der Waals surface area contributed by atoms with Gasteiger partial charge in [-0.2, -0.15) is 0 Å². The smallest absolute Gasteiger partial charge is 0.261 e. The molecule has 5 heteroatoms. The van der Waals surface area contributed by atoms with Gasteiger partial charge in [-0.15, -0.1) is 0 Å². The number of benzene rings is 3. The minimum Gasteiger partial charge on any atom is -0.313 e.